The number of likely N-dealkylation sites (tertiary alicyclic amines) is 2. The number of hydrogen-bond acceptors (Lipinski definition) is 6. The summed E-state index contributed by atoms with van der Waals surface area (Å²) in [4.78, 5) is 23.0. The van der Waals surface area contributed by atoms with Gasteiger partial charge < -0.3 is 9.42 Å². The fourth-order valence-electron chi connectivity index (χ4n) is 4.29. The van der Waals surface area contributed by atoms with Gasteiger partial charge in [-0.05, 0) is 49.1 Å². The summed E-state index contributed by atoms with van der Waals surface area (Å²) < 4.78 is 5.44. The van der Waals surface area contributed by atoms with Crippen LogP contribution in [-0.2, 0) is 11.3 Å². The van der Waals surface area contributed by atoms with Crippen molar-refractivity contribution >= 4 is 17.2 Å². The first kappa shape index (κ1) is 18.6. The van der Waals surface area contributed by atoms with E-state index in [-0.39, 0.29) is 11.3 Å². The van der Waals surface area contributed by atoms with E-state index in [0.29, 0.717) is 24.2 Å². The second-order valence-electron chi connectivity index (χ2n) is 8.59. The maximum atomic E-state index is 13.0. The zero-order valence-electron chi connectivity index (χ0n) is 16.2. The standard InChI is InChI=1S/C20H28N4O2S/c1-20(2)8-5-10-24(14-20)19(25)15-6-3-9-23(12-15)13-17-21-18(22-26-17)16-7-4-11-27-16/h4,7,11,15H,3,5-6,8-10,12-14H2,1-2H3. The predicted molar refractivity (Wildman–Crippen MR) is 105 cm³/mol. The van der Waals surface area contributed by atoms with Gasteiger partial charge in [0.2, 0.25) is 17.6 Å². The number of amides is 1. The van der Waals surface area contributed by atoms with E-state index in [1.54, 1.807) is 11.3 Å². The third kappa shape index (κ3) is 4.41. The second-order valence-corrected chi connectivity index (χ2v) is 9.54. The molecule has 27 heavy (non-hydrogen) atoms. The molecule has 6 nitrogen and oxygen atoms in total. The Morgan fingerprint density at radius 1 is 1.37 bits per heavy atom. The highest BCUT2D eigenvalue weighted by Crippen LogP contribution is 2.30. The van der Waals surface area contributed by atoms with E-state index >= 15 is 0 Å². The second kappa shape index (κ2) is 7.72. The van der Waals surface area contributed by atoms with Crippen LogP contribution in [0.3, 0.4) is 0 Å². The van der Waals surface area contributed by atoms with Crippen molar-refractivity contribution in [3.05, 3.63) is 23.4 Å². The molecule has 2 aromatic rings. The molecule has 2 aliphatic rings. The Labute approximate surface area is 164 Å². The van der Waals surface area contributed by atoms with Crippen molar-refractivity contribution in [2.24, 2.45) is 11.3 Å². The number of piperidine rings is 2. The third-order valence-electron chi connectivity index (χ3n) is 5.64. The molecular weight excluding hydrogens is 360 g/mol. The Morgan fingerprint density at radius 3 is 3.04 bits per heavy atom. The highest BCUT2D eigenvalue weighted by Gasteiger charge is 2.34. The van der Waals surface area contributed by atoms with Gasteiger partial charge >= 0.3 is 0 Å². The smallest absolute Gasteiger partial charge is 0.241 e. The number of thiophene rings is 1. The van der Waals surface area contributed by atoms with Crippen molar-refractivity contribution in [1.82, 2.24) is 19.9 Å². The Morgan fingerprint density at radius 2 is 2.26 bits per heavy atom. The molecule has 2 aliphatic heterocycles. The molecule has 146 valence electrons. The number of carbonyl (C=O) groups excluding carboxylic acids is 1. The average Bonchev–Trinajstić information content (AvgIpc) is 3.32. The van der Waals surface area contributed by atoms with Crippen molar-refractivity contribution in [2.75, 3.05) is 26.2 Å². The van der Waals surface area contributed by atoms with Crippen LogP contribution in [0.25, 0.3) is 10.7 Å². The van der Waals surface area contributed by atoms with E-state index in [2.05, 4.69) is 33.8 Å². The van der Waals surface area contributed by atoms with E-state index in [9.17, 15) is 4.79 Å². The number of nitrogens with zero attached hydrogens (tertiary/aromatic N) is 4. The molecule has 2 saturated heterocycles. The van der Waals surface area contributed by atoms with Crippen LogP contribution in [0, 0.1) is 11.3 Å². The van der Waals surface area contributed by atoms with Crippen molar-refractivity contribution in [2.45, 2.75) is 46.1 Å². The maximum absolute atomic E-state index is 13.0. The van der Waals surface area contributed by atoms with Crippen LogP contribution < -0.4 is 0 Å². The molecule has 1 atom stereocenters. The van der Waals surface area contributed by atoms with Gasteiger partial charge in [0.25, 0.3) is 0 Å². The molecule has 0 radical (unpaired) electrons. The van der Waals surface area contributed by atoms with Gasteiger partial charge in [-0.1, -0.05) is 25.1 Å². The van der Waals surface area contributed by atoms with Crippen LogP contribution in [-0.4, -0.2) is 52.0 Å². The maximum Gasteiger partial charge on any atom is 0.241 e. The summed E-state index contributed by atoms with van der Waals surface area (Å²) in [5.41, 5.74) is 0.240. The molecule has 0 N–H and O–H groups in total. The largest absolute Gasteiger partial charge is 0.342 e. The van der Waals surface area contributed by atoms with Crippen LogP contribution in [0.1, 0.15) is 45.4 Å². The molecule has 0 spiro atoms. The minimum absolute atomic E-state index is 0.0901. The topological polar surface area (TPSA) is 62.5 Å². The van der Waals surface area contributed by atoms with Crippen LogP contribution in [0.4, 0.5) is 0 Å². The van der Waals surface area contributed by atoms with Crippen LogP contribution in [0.5, 0.6) is 0 Å². The molecule has 4 heterocycles. The molecule has 0 aliphatic carbocycles. The molecule has 4 rings (SSSR count). The van der Waals surface area contributed by atoms with Gasteiger partial charge in [-0.3, -0.25) is 9.69 Å². The first-order chi connectivity index (χ1) is 13.0. The minimum atomic E-state index is 0.0901. The van der Waals surface area contributed by atoms with Gasteiger partial charge in [0, 0.05) is 19.6 Å². The van der Waals surface area contributed by atoms with E-state index in [1.165, 1.54) is 6.42 Å². The molecule has 0 saturated carbocycles. The molecule has 2 aromatic heterocycles. The third-order valence-corrected chi connectivity index (χ3v) is 6.50. The quantitative estimate of drug-likeness (QED) is 0.800. The zero-order valence-corrected chi connectivity index (χ0v) is 17.0. The highest BCUT2D eigenvalue weighted by molar-refractivity contribution is 7.13. The lowest BCUT2D eigenvalue weighted by Gasteiger charge is -2.41. The highest BCUT2D eigenvalue weighted by atomic mass is 32.1. The van der Waals surface area contributed by atoms with Gasteiger partial charge in [-0.2, -0.15) is 4.98 Å². The van der Waals surface area contributed by atoms with Gasteiger partial charge in [0.15, 0.2) is 0 Å². The molecule has 0 aromatic carbocycles. The fraction of sp³-hybridized carbons (Fsp3) is 0.650. The monoisotopic (exact) mass is 388 g/mol. The van der Waals surface area contributed by atoms with Crippen molar-refractivity contribution < 1.29 is 9.32 Å². The lowest BCUT2D eigenvalue weighted by Crippen LogP contribution is -2.49. The van der Waals surface area contributed by atoms with E-state index < -0.39 is 0 Å². The lowest BCUT2D eigenvalue weighted by atomic mass is 9.83. The number of rotatable bonds is 4. The summed E-state index contributed by atoms with van der Waals surface area (Å²) in [7, 11) is 0. The fourth-order valence-corrected chi connectivity index (χ4v) is 4.94. The van der Waals surface area contributed by atoms with Crippen LogP contribution >= 0.6 is 11.3 Å². The first-order valence-corrected chi connectivity index (χ1v) is 10.8. The predicted octanol–water partition coefficient (Wildman–Crippen LogP) is 3.66. The summed E-state index contributed by atoms with van der Waals surface area (Å²) in [5.74, 6) is 1.70. The van der Waals surface area contributed by atoms with Gasteiger partial charge in [0.05, 0.1) is 17.3 Å². The van der Waals surface area contributed by atoms with E-state index in [0.717, 1.165) is 50.3 Å². The minimum Gasteiger partial charge on any atom is -0.342 e. The van der Waals surface area contributed by atoms with Crippen LogP contribution in [0.2, 0.25) is 0 Å². The SMILES string of the molecule is CC1(C)CCCN(C(=O)C2CCCN(Cc3nc(-c4cccs4)no3)C2)C1. The van der Waals surface area contributed by atoms with E-state index in [1.807, 2.05) is 17.5 Å². The summed E-state index contributed by atoms with van der Waals surface area (Å²) in [6.07, 6.45) is 4.34. The number of hydrogen-bond donors (Lipinski definition) is 0. The summed E-state index contributed by atoms with van der Waals surface area (Å²) >= 11 is 1.61. The zero-order chi connectivity index (χ0) is 18.9. The Hall–Kier alpha value is -1.73. The normalized spacial score (nSPS) is 23.5. The molecule has 7 heteroatoms. The van der Waals surface area contributed by atoms with Gasteiger partial charge in [-0.25, -0.2) is 0 Å². The van der Waals surface area contributed by atoms with E-state index in [4.69, 9.17) is 4.52 Å². The van der Waals surface area contributed by atoms with Crippen LogP contribution in [0.15, 0.2) is 22.0 Å². The van der Waals surface area contributed by atoms with Crippen molar-refractivity contribution in [1.29, 1.82) is 0 Å². The van der Waals surface area contributed by atoms with Gasteiger partial charge in [-0.15, -0.1) is 11.3 Å². The summed E-state index contributed by atoms with van der Waals surface area (Å²) in [5, 5.41) is 6.10. The summed E-state index contributed by atoms with van der Waals surface area (Å²) in [6, 6.07) is 3.98. The van der Waals surface area contributed by atoms with Gasteiger partial charge in [0.1, 0.15) is 0 Å². The lowest BCUT2D eigenvalue weighted by molar-refractivity contribution is -0.140. The Bertz CT molecular complexity index is 771. The Kier molecular flexibility index (Phi) is 5.32. The van der Waals surface area contributed by atoms with Crippen molar-refractivity contribution in [3.8, 4) is 10.7 Å². The van der Waals surface area contributed by atoms with Crippen molar-refractivity contribution in [3.63, 3.8) is 0 Å². The molecule has 1 amide bonds. The number of aromatic nitrogens is 2. The first-order valence-electron chi connectivity index (χ1n) is 9.88. The molecular formula is C20H28N4O2S. The summed E-state index contributed by atoms with van der Waals surface area (Å²) in [6.45, 7) is 8.70. The molecule has 0 bridgehead atoms. The Balaban J connectivity index is 1.36. The number of carbonyl (C=O) groups is 1. The molecule has 1 unspecified atom stereocenters. The molecule has 2 fully saturated rings. The average molecular weight is 389 g/mol.